The molecule has 0 aliphatic carbocycles. The number of sulfonamides is 1. The Bertz CT molecular complexity index is 1130. The molecule has 30 heavy (non-hydrogen) atoms. The average molecular weight is 450 g/mol. The Kier molecular flexibility index (Phi) is 7.68. The van der Waals surface area contributed by atoms with Gasteiger partial charge >= 0.3 is 0 Å². The summed E-state index contributed by atoms with van der Waals surface area (Å²) >= 11 is 5.93. The molecular formula is C21H20ClNO6S. The molecule has 3 aromatic rings. The summed E-state index contributed by atoms with van der Waals surface area (Å²) in [5, 5.41) is 17.0. The fourth-order valence-electron chi connectivity index (χ4n) is 2.71. The number of anilines is 1. The highest BCUT2D eigenvalue weighted by Gasteiger charge is 2.23. The Morgan fingerprint density at radius 1 is 1.03 bits per heavy atom. The lowest BCUT2D eigenvalue weighted by atomic mass is 10.1. The molecule has 3 aromatic carbocycles. The van der Waals surface area contributed by atoms with Gasteiger partial charge in [0, 0.05) is 0 Å². The van der Waals surface area contributed by atoms with Crippen LogP contribution in [0.15, 0.2) is 65.6 Å². The van der Waals surface area contributed by atoms with Gasteiger partial charge in [-0.25, -0.2) is 8.42 Å². The molecule has 9 heteroatoms. The molecule has 0 amide bonds. The molecule has 0 saturated carbocycles. The van der Waals surface area contributed by atoms with E-state index in [2.05, 4.69) is 4.72 Å². The number of nitrogens with one attached hydrogen (secondary N) is 1. The SMILES string of the molecule is COc1ccc(-c2ccccc2)cc1NS(=O)(=O)c1cc(C)cc(Cl)c1O.O=CO. The molecule has 0 spiro atoms. The molecule has 0 aliphatic heterocycles. The summed E-state index contributed by atoms with van der Waals surface area (Å²) in [6.45, 7) is 1.45. The molecule has 7 nitrogen and oxygen atoms in total. The van der Waals surface area contributed by atoms with E-state index in [4.69, 9.17) is 26.2 Å². The maximum atomic E-state index is 12.9. The van der Waals surface area contributed by atoms with Crippen LogP contribution in [0.3, 0.4) is 0 Å². The van der Waals surface area contributed by atoms with Gasteiger partial charge in [0.25, 0.3) is 16.5 Å². The molecule has 3 rings (SSSR count). The van der Waals surface area contributed by atoms with Crippen molar-refractivity contribution in [3.05, 3.63) is 71.2 Å². The van der Waals surface area contributed by atoms with Crippen molar-refractivity contribution >= 4 is 33.8 Å². The van der Waals surface area contributed by atoms with Crippen LogP contribution in [0.25, 0.3) is 11.1 Å². The highest BCUT2D eigenvalue weighted by molar-refractivity contribution is 7.92. The van der Waals surface area contributed by atoms with Crippen LogP contribution in [-0.4, -0.2) is 32.2 Å². The molecule has 0 aliphatic rings. The molecule has 0 fully saturated rings. The Hall–Kier alpha value is -3.23. The van der Waals surface area contributed by atoms with Gasteiger partial charge in [-0.05, 0) is 47.9 Å². The number of hydrogen-bond donors (Lipinski definition) is 3. The molecular weight excluding hydrogens is 430 g/mol. The van der Waals surface area contributed by atoms with Crippen molar-refractivity contribution in [3.8, 4) is 22.6 Å². The zero-order valence-electron chi connectivity index (χ0n) is 16.2. The van der Waals surface area contributed by atoms with E-state index >= 15 is 0 Å². The summed E-state index contributed by atoms with van der Waals surface area (Å²) in [5.74, 6) is -0.135. The van der Waals surface area contributed by atoms with Crippen molar-refractivity contribution < 1.29 is 28.2 Å². The molecule has 0 heterocycles. The fraction of sp³-hybridized carbons (Fsp3) is 0.0952. The van der Waals surface area contributed by atoms with Gasteiger partial charge in [-0.15, -0.1) is 0 Å². The van der Waals surface area contributed by atoms with Crippen LogP contribution < -0.4 is 9.46 Å². The number of aryl methyl sites for hydroxylation is 1. The van der Waals surface area contributed by atoms with Crippen LogP contribution in [0.5, 0.6) is 11.5 Å². The van der Waals surface area contributed by atoms with E-state index in [0.717, 1.165) is 11.1 Å². The molecule has 3 N–H and O–H groups in total. The van der Waals surface area contributed by atoms with Gasteiger partial charge in [0.2, 0.25) is 0 Å². The smallest absolute Gasteiger partial charge is 0.290 e. The number of aromatic hydroxyl groups is 1. The summed E-state index contributed by atoms with van der Waals surface area (Å²) in [4.78, 5) is 8.07. The van der Waals surface area contributed by atoms with Crippen molar-refractivity contribution in [1.82, 2.24) is 0 Å². The summed E-state index contributed by atoms with van der Waals surface area (Å²) in [6, 6.07) is 17.6. The lowest BCUT2D eigenvalue weighted by Crippen LogP contribution is -2.14. The number of benzene rings is 3. The van der Waals surface area contributed by atoms with Crippen LogP contribution in [0, 0.1) is 6.92 Å². The van der Waals surface area contributed by atoms with Crippen molar-refractivity contribution in [2.24, 2.45) is 0 Å². The van der Waals surface area contributed by atoms with Gasteiger partial charge < -0.3 is 14.9 Å². The standard InChI is InChI=1S/C20H18ClNO4S.CH2O2/c1-13-10-16(21)20(23)19(11-13)27(24,25)22-17-12-15(8-9-18(17)26-2)14-6-4-3-5-7-14;2-1-3/h3-12,22-23H,1-2H3;1H,(H,2,3). The first-order chi connectivity index (χ1) is 14.2. The van der Waals surface area contributed by atoms with Gasteiger partial charge in [-0.2, -0.15) is 0 Å². The third-order valence-corrected chi connectivity index (χ3v) is 5.68. The minimum Gasteiger partial charge on any atom is -0.505 e. The van der Waals surface area contributed by atoms with Crippen LogP contribution >= 0.6 is 11.6 Å². The van der Waals surface area contributed by atoms with E-state index in [9.17, 15) is 13.5 Å². The first-order valence-electron chi connectivity index (χ1n) is 8.56. The summed E-state index contributed by atoms with van der Waals surface area (Å²) in [5.41, 5.74) is 2.63. The first-order valence-corrected chi connectivity index (χ1v) is 10.4. The van der Waals surface area contributed by atoms with Gasteiger partial charge in [0.15, 0.2) is 5.75 Å². The number of carboxylic acid groups (broad SMARTS) is 1. The molecule has 0 radical (unpaired) electrons. The zero-order valence-corrected chi connectivity index (χ0v) is 17.7. The Morgan fingerprint density at radius 2 is 1.67 bits per heavy atom. The number of phenolic OH excluding ortho intramolecular Hbond substituents is 1. The molecule has 0 bridgehead atoms. The van der Waals surface area contributed by atoms with Crippen molar-refractivity contribution in [3.63, 3.8) is 0 Å². The van der Waals surface area contributed by atoms with E-state index in [1.165, 1.54) is 19.2 Å². The van der Waals surface area contributed by atoms with Crippen molar-refractivity contribution in [1.29, 1.82) is 0 Å². The predicted octanol–water partition coefficient (Wildman–Crippen LogP) is 4.53. The molecule has 158 valence electrons. The number of rotatable bonds is 5. The average Bonchev–Trinajstić information content (AvgIpc) is 2.71. The van der Waals surface area contributed by atoms with Crippen molar-refractivity contribution in [2.75, 3.05) is 11.8 Å². The molecule has 0 aromatic heterocycles. The Balaban J connectivity index is 0.00000101. The maximum absolute atomic E-state index is 12.9. The highest BCUT2D eigenvalue weighted by atomic mass is 35.5. The number of carbonyl (C=O) groups is 1. The van der Waals surface area contributed by atoms with E-state index in [0.29, 0.717) is 11.3 Å². The summed E-state index contributed by atoms with van der Waals surface area (Å²) in [6.07, 6.45) is 0. The second kappa shape index (κ2) is 10.00. The van der Waals surface area contributed by atoms with Gasteiger partial charge in [-0.3, -0.25) is 9.52 Å². The molecule has 0 unspecified atom stereocenters. The third kappa shape index (κ3) is 5.43. The number of hydrogen-bond acceptors (Lipinski definition) is 5. The maximum Gasteiger partial charge on any atom is 0.290 e. The zero-order chi connectivity index (χ0) is 22.3. The lowest BCUT2D eigenvalue weighted by Gasteiger charge is -2.15. The summed E-state index contributed by atoms with van der Waals surface area (Å²) in [7, 11) is -2.63. The minimum atomic E-state index is -4.08. The second-order valence-corrected chi connectivity index (χ2v) is 8.14. The van der Waals surface area contributed by atoms with Crippen LogP contribution in [0.1, 0.15) is 5.56 Å². The topological polar surface area (TPSA) is 113 Å². The van der Waals surface area contributed by atoms with Crippen molar-refractivity contribution in [2.45, 2.75) is 11.8 Å². The minimum absolute atomic E-state index is 0.0274. The van der Waals surface area contributed by atoms with Gasteiger partial charge in [-0.1, -0.05) is 48.0 Å². The number of ether oxygens (including phenoxy) is 1. The van der Waals surface area contributed by atoms with E-state index in [1.54, 1.807) is 19.1 Å². The van der Waals surface area contributed by atoms with E-state index < -0.39 is 15.8 Å². The van der Waals surface area contributed by atoms with Gasteiger partial charge in [0.05, 0.1) is 17.8 Å². The normalized spacial score (nSPS) is 10.5. The fourth-order valence-corrected chi connectivity index (χ4v) is 4.30. The monoisotopic (exact) mass is 449 g/mol. The van der Waals surface area contributed by atoms with Crippen LogP contribution in [-0.2, 0) is 14.8 Å². The van der Waals surface area contributed by atoms with Gasteiger partial charge in [0.1, 0.15) is 10.6 Å². The highest BCUT2D eigenvalue weighted by Crippen LogP contribution is 2.36. The van der Waals surface area contributed by atoms with Crippen LogP contribution in [0.2, 0.25) is 5.02 Å². The second-order valence-electron chi connectivity index (χ2n) is 6.09. The largest absolute Gasteiger partial charge is 0.505 e. The third-order valence-electron chi connectivity index (χ3n) is 4.01. The molecule has 0 atom stereocenters. The predicted molar refractivity (Wildman–Crippen MR) is 116 cm³/mol. The molecule has 0 saturated heterocycles. The number of halogens is 1. The van der Waals surface area contributed by atoms with Crippen LogP contribution in [0.4, 0.5) is 5.69 Å². The first kappa shape index (κ1) is 23.1. The summed E-state index contributed by atoms with van der Waals surface area (Å²) < 4.78 is 33.5. The van der Waals surface area contributed by atoms with E-state index in [-0.39, 0.29) is 22.1 Å². The lowest BCUT2D eigenvalue weighted by molar-refractivity contribution is -0.122. The van der Waals surface area contributed by atoms with E-state index in [1.807, 2.05) is 36.4 Å². The quantitative estimate of drug-likeness (QED) is 0.493. The number of phenols is 1. The number of methoxy groups -OCH3 is 1. The Morgan fingerprint density at radius 3 is 2.27 bits per heavy atom. The Labute approximate surface area is 179 Å².